The zero-order chi connectivity index (χ0) is 16.9. The van der Waals surface area contributed by atoms with E-state index >= 15 is 0 Å². The molecule has 2 fully saturated rings. The van der Waals surface area contributed by atoms with E-state index in [1.165, 1.54) is 12.0 Å². The van der Waals surface area contributed by atoms with Gasteiger partial charge in [0, 0.05) is 30.6 Å². The van der Waals surface area contributed by atoms with E-state index in [1.54, 1.807) is 0 Å². The summed E-state index contributed by atoms with van der Waals surface area (Å²) < 4.78 is 0. The van der Waals surface area contributed by atoms with E-state index in [-0.39, 0.29) is 17.7 Å². The molecular formula is C20H28N2O2. The fraction of sp³-hybridized carbons (Fsp3) is 0.600. The fourth-order valence-corrected chi connectivity index (χ4v) is 3.86. The molecule has 0 bridgehead atoms. The van der Waals surface area contributed by atoms with Crippen LogP contribution < -0.4 is 5.32 Å². The Hall–Kier alpha value is -1.84. The largest absolute Gasteiger partial charge is 0.342 e. The van der Waals surface area contributed by atoms with E-state index < -0.39 is 0 Å². The van der Waals surface area contributed by atoms with E-state index in [2.05, 4.69) is 5.32 Å². The number of likely N-dealkylation sites (tertiary alicyclic amines) is 1. The molecule has 0 unspecified atom stereocenters. The first kappa shape index (κ1) is 17.0. The van der Waals surface area contributed by atoms with Crippen molar-refractivity contribution in [3.8, 4) is 0 Å². The van der Waals surface area contributed by atoms with Crippen molar-refractivity contribution < 1.29 is 9.59 Å². The number of hydrogen-bond donors (Lipinski definition) is 1. The van der Waals surface area contributed by atoms with Gasteiger partial charge in [0.05, 0.1) is 0 Å². The summed E-state index contributed by atoms with van der Waals surface area (Å²) in [6.45, 7) is 3.88. The third-order valence-corrected chi connectivity index (χ3v) is 5.43. The Labute approximate surface area is 144 Å². The smallest absolute Gasteiger partial charge is 0.227 e. The van der Waals surface area contributed by atoms with E-state index in [0.717, 1.165) is 57.3 Å². The lowest BCUT2D eigenvalue weighted by molar-refractivity contribution is -0.138. The average Bonchev–Trinajstić information content (AvgIpc) is 2.64. The summed E-state index contributed by atoms with van der Waals surface area (Å²) in [7, 11) is 0. The molecule has 0 spiro atoms. The number of hydrogen-bond acceptors (Lipinski definition) is 2. The molecular weight excluding hydrogens is 300 g/mol. The van der Waals surface area contributed by atoms with E-state index in [0.29, 0.717) is 5.91 Å². The first-order valence-corrected chi connectivity index (χ1v) is 9.30. The zero-order valence-corrected chi connectivity index (χ0v) is 14.6. The molecule has 1 saturated carbocycles. The van der Waals surface area contributed by atoms with Crippen molar-refractivity contribution in [3.63, 3.8) is 0 Å². The highest BCUT2D eigenvalue weighted by Gasteiger charge is 2.32. The molecule has 1 aromatic rings. The third kappa shape index (κ3) is 4.16. The summed E-state index contributed by atoms with van der Waals surface area (Å²) in [6.07, 6.45) is 6.86. The Morgan fingerprint density at radius 1 is 0.917 bits per heavy atom. The van der Waals surface area contributed by atoms with Crippen LogP contribution in [0.3, 0.4) is 0 Å². The Bertz CT molecular complexity index is 568. The second-order valence-electron chi connectivity index (χ2n) is 7.29. The number of aryl methyl sites for hydroxylation is 1. The van der Waals surface area contributed by atoms with Crippen LogP contribution in [0.2, 0.25) is 0 Å². The molecule has 0 aromatic heterocycles. The standard InChI is InChI=1S/C20H28N2O2/c1-15-5-11-18(12-6-15)21-19(23)16-7-9-17(10-8-16)20(24)22-13-3-2-4-14-22/h5-6,11-12,16-17H,2-4,7-10,13-14H2,1H3,(H,21,23). The Kier molecular flexibility index (Phi) is 5.54. The van der Waals surface area contributed by atoms with Gasteiger partial charge in [0.25, 0.3) is 0 Å². The van der Waals surface area contributed by atoms with Crippen molar-refractivity contribution in [2.45, 2.75) is 51.9 Å². The Morgan fingerprint density at radius 3 is 2.12 bits per heavy atom. The van der Waals surface area contributed by atoms with Crippen molar-refractivity contribution in [1.29, 1.82) is 0 Å². The summed E-state index contributed by atoms with van der Waals surface area (Å²) in [4.78, 5) is 27.0. The normalized spacial score (nSPS) is 24.5. The first-order valence-electron chi connectivity index (χ1n) is 9.30. The first-order chi connectivity index (χ1) is 11.6. The highest BCUT2D eigenvalue weighted by atomic mass is 16.2. The number of rotatable bonds is 3. The number of nitrogens with zero attached hydrogens (tertiary/aromatic N) is 1. The molecule has 2 amide bonds. The van der Waals surface area contributed by atoms with E-state index in [1.807, 2.05) is 36.1 Å². The summed E-state index contributed by atoms with van der Waals surface area (Å²) in [6, 6.07) is 7.89. The summed E-state index contributed by atoms with van der Waals surface area (Å²) in [5, 5.41) is 3.01. The van der Waals surface area contributed by atoms with Crippen molar-refractivity contribution in [2.75, 3.05) is 18.4 Å². The lowest BCUT2D eigenvalue weighted by atomic mass is 9.80. The van der Waals surface area contributed by atoms with Gasteiger partial charge in [-0.2, -0.15) is 0 Å². The maximum absolute atomic E-state index is 12.6. The van der Waals surface area contributed by atoms with Crippen LogP contribution >= 0.6 is 0 Å². The molecule has 1 aromatic carbocycles. The molecule has 0 radical (unpaired) electrons. The van der Waals surface area contributed by atoms with Gasteiger partial charge in [0.1, 0.15) is 0 Å². The maximum Gasteiger partial charge on any atom is 0.227 e. The highest BCUT2D eigenvalue weighted by molar-refractivity contribution is 5.92. The quantitative estimate of drug-likeness (QED) is 0.918. The van der Waals surface area contributed by atoms with Crippen molar-refractivity contribution in [1.82, 2.24) is 4.90 Å². The minimum atomic E-state index is 0.0386. The van der Waals surface area contributed by atoms with Crippen molar-refractivity contribution >= 4 is 17.5 Å². The predicted molar refractivity (Wildman–Crippen MR) is 95.7 cm³/mol. The van der Waals surface area contributed by atoms with Gasteiger partial charge in [-0.1, -0.05) is 17.7 Å². The number of piperidine rings is 1. The molecule has 3 rings (SSSR count). The molecule has 1 aliphatic heterocycles. The predicted octanol–water partition coefficient (Wildman–Crippen LogP) is 3.75. The van der Waals surface area contributed by atoms with Crippen LogP contribution in [-0.2, 0) is 9.59 Å². The molecule has 130 valence electrons. The van der Waals surface area contributed by atoms with Crippen LogP contribution in [0, 0.1) is 18.8 Å². The second-order valence-corrected chi connectivity index (χ2v) is 7.29. The number of anilines is 1. The van der Waals surface area contributed by atoms with E-state index in [9.17, 15) is 9.59 Å². The summed E-state index contributed by atoms with van der Waals surface area (Å²) in [5.41, 5.74) is 2.04. The molecule has 1 heterocycles. The monoisotopic (exact) mass is 328 g/mol. The van der Waals surface area contributed by atoms with Crippen LogP contribution in [-0.4, -0.2) is 29.8 Å². The van der Waals surface area contributed by atoms with Gasteiger partial charge in [0.2, 0.25) is 11.8 Å². The fourth-order valence-electron chi connectivity index (χ4n) is 3.86. The molecule has 4 nitrogen and oxygen atoms in total. The van der Waals surface area contributed by atoms with Gasteiger partial charge in [-0.05, 0) is 64.0 Å². The molecule has 1 aliphatic carbocycles. The van der Waals surface area contributed by atoms with Crippen LogP contribution in [0.15, 0.2) is 24.3 Å². The number of carbonyl (C=O) groups excluding carboxylic acids is 2. The number of nitrogens with one attached hydrogen (secondary N) is 1. The molecule has 1 saturated heterocycles. The van der Waals surface area contributed by atoms with Gasteiger partial charge in [0.15, 0.2) is 0 Å². The number of benzene rings is 1. The van der Waals surface area contributed by atoms with Crippen LogP contribution in [0.1, 0.15) is 50.5 Å². The average molecular weight is 328 g/mol. The molecule has 0 atom stereocenters. The summed E-state index contributed by atoms with van der Waals surface area (Å²) >= 11 is 0. The Balaban J connectivity index is 1.48. The van der Waals surface area contributed by atoms with Gasteiger partial charge >= 0.3 is 0 Å². The van der Waals surface area contributed by atoms with Gasteiger partial charge < -0.3 is 10.2 Å². The SMILES string of the molecule is Cc1ccc(NC(=O)C2CCC(C(=O)N3CCCCC3)CC2)cc1. The Morgan fingerprint density at radius 2 is 1.50 bits per heavy atom. The highest BCUT2D eigenvalue weighted by Crippen LogP contribution is 2.31. The summed E-state index contributed by atoms with van der Waals surface area (Å²) in [5.74, 6) is 0.595. The van der Waals surface area contributed by atoms with E-state index in [4.69, 9.17) is 0 Å². The number of amides is 2. The minimum Gasteiger partial charge on any atom is -0.342 e. The maximum atomic E-state index is 12.6. The topological polar surface area (TPSA) is 49.4 Å². The van der Waals surface area contributed by atoms with Crippen LogP contribution in [0.5, 0.6) is 0 Å². The number of carbonyl (C=O) groups is 2. The van der Waals surface area contributed by atoms with Crippen LogP contribution in [0.4, 0.5) is 5.69 Å². The van der Waals surface area contributed by atoms with Crippen LogP contribution in [0.25, 0.3) is 0 Å². The van der Waals surface area contributed by atoms with Crippen molar-refractivity contribution in [2.24, 2.45) is 11.8 Å². The zero-order valence-electron chi connectivity index (χ0n) is 14.6. The lowest BCUT2D eigenvalue weighted by Crippen LogP contribution is -2.41. The van der Waals surface area contributed by atoms with Gasteiger partial charge in [-0.15, -0.1) is 0 Å². The third-order valence-electron chi connectivity index (χ3n) is 5.43. The molecule has 24 heavy (non-hydrogen) atoms. The van der Waals surface area contributed by atoms with Gasteiger partial charge in [-0.25, -0.2) is 0 Å². The molecule has 2 aliphatic rings. The van der Waals surface area contributed by atoms with Crippen molar-refractivity contribution in [3.05, 3.63) is 29.8 Å². The second kappa shape index (κ2) is 7.82. The molecule has 1 N–H and O–H groups in total. The minimum absolute atomic E-state index is 0.0386. The molecule has 4 heteroatoms. The van der Waals surface area contributed by atoms with Gasteiger partial charge in [-0.3, -0.25) is 9.59 Å². The lowest BCUT2D eigenvalue weighted by Gasteiger charge is -2.33.